The van der Waals surface area contributed by atoms with E-state index in [4.69, 9.17) is 9.47 Å². The maximum absolute atomic E-state index is 10.9. The van der Waals surface area contributed by atoms with Crippen molar-refractivity contribution in [2.45, 2.75) is 44.5 Å². The third-order valence-electron chi connectivity index (χ3n) is 3.25. The molecule has 0 bridgehead atoms. The van der Waals surface area contributed by atoms with Gasteiger partial charge < -0.3 is 14.6 Å². The number of rotatable bonds is 7. The van der Waals surface area contributed by atoms with Crippen molar-refractivity contribution in [2.75, 3.05) is 6.61 Å². The van der Waals surface area contributed by atoms with Crippen molar-refractivity contribution in [1.29, 1.82) is 0 Å². The van der Waals surface area contributed by atoms with E-state index in [2.05, 4.69) is 0 Å². The van der Waals surface area contributed by atoms with Crippen molar-refractivity contribution in [3.05, 3.63) is 35.9 Å². The zero-order valence-electron chi connectivity index (χ0n) is 11.0. The molecule has 0 saturated carbocycles. The standard InChI is InChI=1S/C15H20O4/c16-13(14-8-9-15(17)19-14)7-4-10-18-11-12-5-2-1-3-6-12/h1-3,5-6,13-14,16H,4,7-11H2/t13-,14+/m1/s1. The minimum atomic E-state index is -0.563. The molecule has 104 valence electrons. The lowest BCUT2D eigenvalue weighted by molar-refractivity contribution is -0.145. The van der Waals surface area contributed by atoms with Gasteiger partial charge in [0.1, 0.15) is 6.10 Å². The molecule has 2 atom stereocenters. The van der Waals surface area contributed by atoms with Gasteiger partial charge in [-0.25, -0.2) is 0 Å². The summed E-state index contributed by atoms with van der Waals surface area (Å²) in [5.74, 6) is -0.204. The molecule has 4 heteroatoms. The monoisotopic (exact) mass is 264 g/mol. The smallest absolute Gasteiger partial charge is 0.306 e. The summed E-state index contributed by atoms with van der Waals surface area (Å²) in [4.78, 5) is 10.9. The molecule has 1 aromatic carbocycles. The number of carbonyl (C=O) groups is 1. The van der Waals surface area contributed by atoms with Crippen molar-refractivity contribution < 1.29 is 19.4 Å². The molecule has 1 aromatic rings. The van der Waals surface area contributed by atoms with Gasteiger partial charge >= 0.3 is 5.97 Å². The van der Waals surface area contributed by atoms with Gasteiger partial charge in [-0.15, -0.1) is 0 Å². The first-order chi connectivity index (χ1) is 9.25. The summed E-state index contributed by atoms with van der Waals surface area (Å²) in [7, 11) is 0. The van der Waals surface area contributed by atoms with Crippen LogP contribution in [0.2, 0.25) is 0 Å². The Morgan fingerprint density at radius 1 is 1.37 bits per heavy atom. The number of aliphatic hydroxyl groups is 1. The van der Waals surface area contributed by atoms with Crippen molar-refractivity contribution in [3.8, 4) is 0 Å². The Kier molecular flexibility index (Phi) is 5.36. The average Bonchev–Trinajstić information content (AvgIpc) is 2.86. The molecule has 0 spiro atoms. The first-order valence-electron chi connectivity index (χ1n) is 6.75. The van der Waals surface area contributed by atoms with Crippen LogP contribution in [0.25, 0.3) is 0 Å². The number of hydrogen-bond donors (Lipinski definition) is 1. The van der Waals surface area contributed by atoms with Gasteiger partial charge in [0.25, 0.3) is 0 Å². The molecule has 1 N–H and O–H groups in total. The van der Waals surface area contributed by atoms with Gasteiger partial charge in [-0.05, 0) is 24.8 Å². The van der Waals surface area contributed by atoms with Gasteiger partial charge in [0.05, 0.1) is 12.7 Å². The zero-order chi connectivity index (χ0) is 13.5. The normalized spacial score (nSPS) is 20.3. The first kappa shape index (κ1) is 14.0. The predicted octanol–water partition coefficient (Wildman–Crippen LogP) is 2.05. The minimum Gasteiger partial charge on any atom is -0.460 e. The number of aliphatic hydroxyl groups excluding tert-OH is 1. The summed E-state index contributed by atoms with van der Waals surface area (Å²) in [6.07, 6.45) is 1.54. The topological polar surface area (TPSA) is 55.8 Å². The highest BCUT2D eigenvalue weighted by molar-refractivity contribution is 5.71. The largest absolute Gasteiger partial charge is 0.460 e. The molecule has 0 unspecified atom stereocenters. The van der Waals surface area contributed by atoms with Crippen LogP contribution in [-0.2, 0) is 20.9 Å². The lowest BCUT2D eigenvalue weighted by Gasteiger charge is -2.16. The average molecular weight is 264 g/mol. The zero-order valence-corrected chi connectivity index (χ0v) is 11.0. The molecule has 1 aliphatic heterocycles. The van der Waals surface area contributed by atoms with Crippen molar-refractivity contribution in [3.63, 3.8) is 0 Å². The summed E-state index contributed by atoms with van der Waals surface area (Å²) in [5, 5.41) is 9.85. The molecule has 0 amide bonds. The quantitative estimate of drug-likeness (QED) is 0.605. The Morgan fingerprint density at radius 3 is 2.84 bits per heavy atom. The number of carbonyl (C=O) groups excluding carboxylic acids is 1. The maximum Gasteiger partial charge on any atom is 0.306 e. The van der Waals surface area contributed by atoms with Gasteiger partial charge in [0.15, 0.2) is 0 Å². The lowest BCUT2D eigenvalue weighted by Crippen LogP contribution is -2.25. The highest BCUT2D eigenvalue weighted by Crippen LogP contribution is 2.19. The molecule has 1 aliphatic rings. The summed E-state index contributed by atoms with van der Waals surface area (Å²) in [6.45, 7) is 1.20. The van der Waals surface area contributed by atoms with Crippen LogP contribution in [0.1, 0.15) is 31.2 Å². The number of benzene rings is 1. The Hall–Kier alpha value is -1.39. The molecule has 1 saturated heterocycles. The van der Waals surface area contributed by atoms with E-state index in [1.165, 1.54) is 0 Å². The van der Waals surface area contributed by atoms with Crippen LogP contribution < -0.4 is 0 Å². The van der Waals surface area contributed by atoms with E-state index < -0.39 is 6.10 Å². The second-order valence-electron chi connectivity index (χ2n) is 4.81. The highest BCUT2D eigenvalue weighted by Gasteiger charge is 2.29. The fraction of sp³-hybridized carbons (Fsp3) is 0.533. The number of cyclic esters (lactones) is 1. The molecule has 2 rings (SSSR count). The van der Waals surface area contributed by atoms with E-state index in [0.29, 0.717) is 32.5 Å². The van der Waals surface area contributed by atoms with Crippen molar-refractivity contribution in [2.24, 2.45) is 0 Å². The summed E-state index contributed by atoms with van der Waals surface area (Å²) >= 11 is 0. The molecule has 1 fully saturated rings. The maximum atomic E-state index is 10.9. The van der Waals surface area contributed by atoms with Crippen LogP contribution in [-0.4, -0.2) is 29.9 Å². The van der Waals surface area contributed by atoms with E-state index in [0.717, 1.165) is 12.0 Å². The highest BCUT2D eigenvalue weighted by atomic mass is 16.6. The van der Waals surface area contributed by atoms with Gasteiger partial charge in [0.2, 0.25) is 0 Å². The van der Waals surface area contributed by atoms with Gasteiger partial charge in [-0.3, -0.25) is 4.79 Å². The van der Waals surface area contributed by atoms with E-state index in [1.54, 1.807) is 0 Å². The Labute approximate surface area is 113 Å². The van der Waals surface area contributed by atoms with Gasteiger partial charge in [0, 0.05) is 13.0 Å². The van der Waals surface area contributed by atoms with Crippen LogP contribution in [0.5, 0.6) is 0 Å². The molecule has 0 aromatic heterocycles. The molecule has 4 nitrogen and oxygen atoms in total. The van der Waals surface area contributed by atoms with Gasteiger partial charge in [-0.2, -0.15) is 0 Å². The summed E-state index contributed by atoms with van der Waals surface area (Å²) in [6, 6.07) is 9.98. The fourth-order valence-electron chi connectivity index (χ4n) is 2.16. The Morgan fingerprint density at radius 2 is 2.16 bits per heavy atom. The van der Waals surface area contributed by atoms with Crippen molar-refractivity contribution in [1.82, 2.24) is 0 Å². The van der Waals surface area contributed by atoms with E-state index in [-0.39, 0.29) is 12.1 Å². The third kappa shape index (κ3) is 4.65. The fourth-order valence-corrected chi connectivity index (χ4v) is 2.16. The number of ether oxygens (including phenoxy) is 2. The van der Waals surface area contributed by atoms with Crippen molar-refractivity contribution >= 4 is 5.97 Å². The van der Waals surface area contributed by atoms with E-state index in [1.807, 2.05) is 30.3 Å². The molecular weight excluding hydrogens is 244 g/mol. The predicted molar refractivity (Wildman–Crippen MR) is 70.5 cm³/mol. The Bertz CT molecular complexity index is 390. The first-order valence-corrected chi connectivity index (χ1v) is 6.75. The van der Waals surface area contributed by atoms with Gasteiger partial charge in [-0.1, -0.05) is 30.3 Å². The Balaban J connectivity index is 1.55. The second-order valence-corrected chi connectivity index (χ2v) is 4.81. The SMILES string of the molecule is O=C1CC[C@@H]([C@H](O)CCCOCc2ccccc2)O1. The molecule has 0 radical (unpaired) electrons. The third-order valence-corrected chi connectivity index (χ3v) is 3.25. The van der Waals surface area contributed by atoms with Crippen LogP contribution >= 0.6 is 0 Å². The van der Waals surface area contributed by atoms with Crippen LogP contribution in [0, 0.1) is 0 Å². The molecule has 1 heterocycles. The lowest BCUT2D eigenvalue weighted by atomic mass is 10.1. The van der Waals surface area contributed by atoms with Crippen LogP contribution in [0.4, 0.5) is 0 Å². The molecular formula is C15H20O4. The number of hydrogen-bond acceptors (Lipinski definition) is 4. The minimum absolute atomic E-state index is 0.204. The summed E-state index contributed by atoms with van der Waals surface area (Å²) < 4.78 is 10.6. The van der Waals surface area contributed by atoms with E-state index in [9.17, 15) is 9.90 Å². The van der Waals surface area contributed by atoms with Crippen LogP contribution in [0.3, 0.4) is 0 Å². The van der Waals surface area contributed by atoms with Crippen LogP contribution in [0.15, 0.2) is 30.3 Å². The van der Waals surface area contributed by atoms with E-state index >= 15 is 0 Å². The molecule has 19 heavy (non-hydrogen) atoms. The second kappa shape index (κ2) is 7.26. The summed E-state index contributed by atoms with van der Waals surface area (Å²) in [5.41, 5.74) is 1.15. The molecule has 0 aliphatic carbocycles. The number of esters is 1.